The van der Waals surface area contributed by atoms with Crippen molar-refractivity contribution in [3.8, 4) is 45.5 Å². The van der Waals surface area contributed by atoms with E-state index < -0.39 is 0 Å². The van der Waals surface area contributed by atoms with Crippen molar-refractivity contribution in [2.45, 2.75) is 70.6 Å². The van der Waals surface area contributed by atoms with Gasteiger partial charge in [0.05, 0.1) is 22.1 Å². The molecular formula is C56H47N5. The molecule has 61 heavy (non-hydrogen) atoms. The molecule has 2 aliphatic rings. The summed E-state index contributed by atoms with van der Waals surface area (Å²) in [5.74, 6) is 1.93. The fraction of sp³-hybridized carbons (Fsp3) is 0.196. The fourth-order valence-corrected chi connectivity index (χ4v) is 10.8. The van der Waals surface area contributed by atoms with E-state index in [1.165, 1.54) is 66.0 Å². The van der Waals surface area contributed by atoms with Crippen molar-refractivity contribution in [2.75, 3.05) is 0 Å². The molecule has 0 fully saturated rings. The highest BCUT2D eigenvalue weighted by Gasteiger charge is 2.39. The summed E-state index contributed by atoms with van der Waals surface area (Å²) in [7, 11) is 0. The summed E-state index contributed by atoms with van der Waals surface area (Å²) in [5.41, 5.74) is 15.6. The molecule has 5 nitrogen and oxygen atoms in total. The van der Waals surface area contributed by atoms with E-state index >= 15 is 0 Å². The van der Waals surface area contributed by atoms with Gasteiger partial charge in [-0.2, -0.15) is 9.97 Å². The van der Waals surface area contributed by atoms with Gasteiger partial charge in [0.1, 0.15) is 0 Å². The van der Waals surface area contributed by atoms with Crippen LogP contribution in [0.25, 0.3) is 89.2 Å². The van der Waals surface area contributed by atoms with E-state index in [0.717, 1.165) is 40.7 Å². The number of nitrogens with zero attached hydrogens (tertiary/aromatic N) is 5. The minimum absolute atomic E-state index is 0.0133. The number of para-hydroxylation sites is 2. The Morgan fingerprint density at radius 3 is 1.70 bits per heavy atom. The molecule has 0 unspecified atom stereocenters. The molecule has 0 saturated carbocycles. The minimum atomic E-state index is -0.156. The third-order valence-electron chi connectivity index (χ3n) is 14.2. The molecular weight excluding hydrogens is 743 g/mol. The van der Waals surface area contributed by atoms with Gasteiger partial charge < -0.3 is 4.57 Å². The first kappa shape index (κ1) is 36.0. The van der Waals surface area contributed by atoms with Crippen LogP contribution in [0.15, 0.2) is 152 Å². The summed E-state index contributed by atoms with van der Waals surface area (Å²) < 4.78 is 4.75. The zero-order chi connectivity index (χ0) is 41.4. The Kier molecular flexibility index (Phi) is 7.44. The van der Waals surface area contributed by atoms with Crippen LogP contribution in [0.4, 0.5) is 0 Å². The Morgan fingerprint density at radius 2 is 0.951 bits per heavy atom. The highest BCUT2D eigenvalue weighted by atomic mass is 15.2. The fourth-order valence-electron chi connectivity index (χ4n) is 10.8. The zero-order valence-corrected chi connectivity index (χ0v) is 35.6. The van der Waals surface area contributed by atoms with Gasteiger partial charge in [0.25, 0.3) is 0 Å². The number of rotatable bonds is 4. The van der Waals surface area contributed by atoms with Crippen molar-refractivity contribution >= 4 is 43.6 Å². The lowest BCUT2D eigenvalue weighted by atomic mass is 9.63. The topological polar surface area (TPSA) is 48.5 Å². The third-order valence-corrected chi connectivity index (χ3v) is 14.2. The molecule has 0 atom stereocenters. The third kappa shape index (κ3) is 5.22. The number of hydrogen-bond donors (Lipinski definition) is 0. The molecule has 0 radical (unpaired) electrons. The molecule has 2 aliphatic carbocycles. The number of fused-ring (bicyclic) bond motifs is 10. The molecule has 12 rings (SSSR count). The van der Waals surface area contributed by atoms with Gasteiger partial charge in [0.2, 0.25) is 5.95 Å². The maximum atomic E-state index is 5.50. The van der Waals surface area contributed by atoms with Gasteiger partial charge in [-0.1, -0.05) is 145 Å². The van der Waals surface area contributed by atoms with E-state index in [1.54, 1.807) is 0 Å². The van der Waals surface area contributed by atoms with Crippen LogP contribution in [-0.2, 0) is 16.2 Å². The summed E-state index contributed by atoms with van der Waals surface area (Å²) in [6.45, 7) is 14.3. The lowest BCUT2D eigenvalue weighted by molar-refractivity contribution is 0.332. The molecule has 0 spiro atoms. The van der Waals surface area contributed by atoms with Crippen LogP contribution in [0.1, 0.15) is 76.6 Å². The Balaban J connectivity index is 1.19. The highest BCUT2D eigenvalue weighted by molar-refractivity contribution is 6.19. The largest absolute Gasteiger partial charge is 0.309 e. The molecule has 0 N–H and O–H groups in total. The van der Waals surface area contributed by atoms with Crippen molar-refractivity contribution in [1.82, 2.24) is 24.1 Å². The average molecular weight is 790 g/mol. The number of aromatic nitrogens is 5. The van der Waals surface area contributed by atoms with Gasteiger partial charge in [-0.05, 0) is 106 Å². The van der Waals surface area contributed by atoms with E-state index in [9.17, 15) is 0 Å². The average Bonchev–Trinajstić information content (AvgIpc) is 3.86. The first-order valence-corrected chi connectivity index (χ1v) is 21.7. The molecule has 0 saturated heterocycles. The summed E-state index contributed by atoms with van der Waals surface area (Å²) in [6, 6.07) is 55.2. The molecule has 0 aliphatic heterocycles. The van der Waals surface area contributed by atoms with Crippen LogP contribution >= 0.6 is 0 Å². The van der Waals surface area contributed by atoms with Crippen LogP contribution in [0.3, 0.4) is 0 Å². The predicted octanol–water partition coefficient (Wildman–Crippen LogP) is 14.1. The van der Waals surface area contributed by atoms with E-state index in [4.69, 9.17) is 15.0 Å². The zero-order valence-electron chi connectivity index (χ0n) is 35.6. The maximum absolute atomic E-state index is 5.50. The van der Waals surface area contributed by atoms with Crippen LogP contribution in [-0.4, -0.2) is 24.1 Å². The molecule has 0 bridgehead atoms. The first-order valence-electron chi connectivity index (χ1n) is 21.7. The highest BCUT2D eigenvalue weighted by Crippen LogP contribution is 2.51. The summed E-state index contributed by atoms with van der Waals surface area (Å²) in [4.78, 5) is 16.2. The van der Waals surface area contributed by atoms with Crippen LogP contribution in [0.2, 0.25) is 0 Å². The molecule has 3 aromatic heterocycles. The Labute approximate surface area is 356 Å². The van der Waals surface area contributed by atoms with Gasteiger partial charge in [-0.3, -0.25) is 4.57 Å². The van der Waals surface area contributed by atoms with E-state index in [2.05, 4.69) is 196 Å². The van der Waals surface area contributed by atoms with Crippen molar-refractivity contribution in [1.29, 1.82) is 0 Å². The first-order chi connectivity index (χ1) is 29.5. The molecule has 296 valence electrons. The van der Waals surface area contributed by atoms with Crippen molar-refractivity contribution in [3.63, 3.8) is 0 Å². The SMILES string of the molecule is CC1(C)CCC(C)(C)c2cc3c(cc21)c1cc2c(cc1n3-c1nc(-c3ccccc3)nc(-c3ccc4c(c3)C(C)(C)c3ccccc3-4)n1)c1ccccc1n2-c1ccccc1. The van der Waals surface area contributed by atoms with Gasteiger partial charge in [-0.15, -0.1) is 0 Å². The number of hydrogen-bond acceptors (Lipinski definition) is 3. The maximum Gasteiger partial charge on any atom is 0.238 e. The van der Waals surface area contributed by atoms with Crippen molar-refractivity contribution in [2.24, 2.45) is 0 Å². The Hall–Kier alpha value is -6.85. The van der Waals surface area contributed by atoms with Gasteiger partial charge in [0, 0.05) is 43.8 Å². The Morgan fingerprint density at radius 1 is 0.393 bits per heavy atom. The summed E-state index contributed by atoms with van der Waals surface area (Å²) in [5, 5.41) is 4.81. The second-order valence-electron chi connectivity index (χ2n) is 19.2. The lowest BCUT2D eigenvalue weighted by Crippen LogP contribution is -2.33. The monoisotopic (exact) mass is 789 g/mol. The minimum Gasteiger partial charge on any atom is -0.309 e. The standard InChI is InChI=1S/C56H47N5/c1-54(2)27-28-55(3,4)46-33-50-40(30-45(46)54)42-32-48-41(39-22-14-16-24-47(39)60(48)36-19-11-8-12-20-36)31-49(42)61(50)53-58-51(34-17-9-7-10-18-34)57-52(59-53)35-25-26-38-37-21-13-15-23-43(37)56(5,6)44(38)29-35/h7-26,29-33H,27-28H2,1-6H3. The number of benzene rings is 7. The van der Waals surface area contributed by atoms with Gasteiger partial charge >= 0.3 is 0 Å². The van der Waals surface area contributed by atoms with Crippen LogP contribution in [0.5, 0.6) is 0 Å². The van der Waals surface area contributed by atoms with E-state index in [-0.39, 0.29) is 16.2 Å². The lowest BCUT2D eigenvalue weighted by Gasteiger charge is -2.42. The van der Waals surface area contributed by atoms with Gasteiger partial charge in [0.15, 0.2) is 11.6 Å². The van der Waals surface area contributed by atoms with E-state index in [0.29, 0.717) is 17.6 Å². The molecule has 5 heteroatoms. The van der Waals surface area contributed by atoms with E-state index in [1.807, 2.05) is 6.07 Å². The van der Waals surface area contributed by atoms with Crippen molar-refractivity contribution in [3.05, 3.63) is 174 Å². The Bertz CT molecular complexity index is 3440. The van der Waals surface area contributed by atoms with Crippen LogP contribution in [0, 0.1) is 0 Å². The molecule has 10 aromatic rings. The normalized spacial score (nSPS) is 16.0. The molecule has 3 heterocycles. The van der Waals surface area contributed by atoms with Crippen molar-refractivity contribution < 1.29 is 0 Å². The smallest absolute Gasteiger partial charge is 0.238 e. The predicted molar refractivity (Wildman–Crippen MR) is 252 cm³/mol. The molecule has 0 amide bonds. The second-order valence-corrected chi connectivity index (χ2v) is 19.2. The molecule has 7 aromatic carbocycles. The summed E-state index contributed by atoms with van der Waals surface area (Å²) >= 11 is 0. The summed E-state index contributed by atoms with van der Waals surface area (Å²) in [6.07, 6.45) is 2.27. The van der Waals surface area contributed by atoms with Gasteiger partial charge in [-0.25, -0.2) is 4.98 Å². The quantitative estimate of drug-likeness (QED) is 0.178. The van der Waals surface area contributed by atoms with Crippen LogP contribution < -0.4 is 0 Å². The second kappa shape index (κ2) is 12.6.